The van der Waals surface area contributed by atoms with Gasteiger partial charge >= 0.3 is 0 Å². The Morgan fingerprint density at radius 3 is 2.56 bits per heavy atom. The van der Waals surface area contributed by atoms with Crippen molar-refractivity contribution in [1.29, 1.82) is 0 Å². The van der Waals surface area contributed by atoms with Crippen molar-refractivity contribution in [3.8, 4) is 0 Å². The van der Waals surface area contributed by atoms with E-state index in [1.807, 2.05) is 0 Å². The van der Waals surface area contributed by atoms with Crippen LogP contribution in [0.4, 0.5) is 5.69 Å². The van der Waals surface area contributed by atoms with Crippen LogP contribution in [0, 0.1) is 0 Å². The Morgan fingerprint density at radius 2 is 1.88 bits per heavy atom. The van der Waals surface area contributed by atoms with Crippen LogP contribution in [-0.4, -0.2) is 53.9 Å². The summed E-state index contributed by atoms with van der Waals surface area (Å²) in [4.78, 5) is 43.2. The molecular formula is C24H21ClN2O5. The van der Waals surface area contributed by atoms with E-state index in [1.165, 1.54) is 9.80 Å². The lowest BCUT2D eigenvalue weighted by molar-refractivity contribution is -0.145. The molecule has 164 valence electrons. The summed E-state index contributed by atoms with van der Waals surface area (Å²) in [6, 6.07) is 13.3. The van der Waals surface area contributed by atoms with Gasteiger partial charge in [0.25, 0.3) is 17.6 Å². The molecule has 2 amide bonds. The Kier molecular flexibility index (Phi) is 4.83. The summed E-state index contributed by atoms with van der Waals surface area (Å²) in [6.07, 6.45) is 1.28. The molecule has 32 heavy (non-hydrogen) atoms. The summed E-state index contributed by atoms with van der Waals surface area (Å²) in [5.74, 6) is -2.59. The molecule has 3 aliphatic heterocycles. The Balaban J connectivity index is 1.79. The topological polar surface area (TPSA) is 87.2 Å². The number of halogens is 1. The zero-order chi connectivity index (χ0) is 22.6. The molecule has 0 bridgehead atoms. The fourth-order valence-electron chi connectivity index (χ4n) is 4.97. The van der Waals surface area contributed by atoms with Gasteiger partial charge in [0.05, 0.1) is 11.7 Å². The fourth-order valence-corrected chi connectivity index (χ4v) is 5.09. The van der Waals surface area contributed by atoms with Crippen molar-refractivity contribution < 1.29 is 24.2 Å². The van der Waals surface area contributed by atoms with Crippen molar-refractivity contribution in [2.75, 3.05) is 25.1 Å². The van der Waals surface area contributed by atoms with E-state index in [0.717, 1.165) is 12.8 Å². The number of carbonyl (C=O) groups excluding carboxylic acids is 3. The molecule has 3 heterocycles. The van der Waals surface area contributed by atoms with E-state index in [1.54, 1.807) is 55.6 Å². The van der Waals surface area contributed by atoms with E-state index >= 15 is 0 Å². The molecule has 7 nitrogen and oxygen atoms in total. The average Bonchev–Trinajstić information content (AvgIpc) is 3.45. The zero-order valence-electron chi connectivity index (χ0n) is 17.4. The third-order valence-corrected chi connectivity index (χ3v) is 6.72. The number of ether oxygens (including phenoxy) is 1. The summed E-state index contributed by atoms with van der Waals surface area (Å²) < 4.78 is 5.72. The molecule has 2 aromatic rings. The second kappa shape index (κ2) is 7.46. The highest BCUT2D eigenvalue weighted by Gasteiger charge is 2.66. The number of para-hydroxylation sites is 1. The SMILES string of the molecule is CN1C(=O)C2(/C(=C(\O)c3ccc(Cl)cc3)C(=O)C(=O)N2CC2CCCO2)c2ccccc21. The number of aliphatic hydroxyl groups excluding tert-OH is 1. The Labute approximate surface area is 189 Å². The lowest BCUT2D eigenvalue weighted by atomic mass is 9.81. The van der Waals surface area contributed by atoms with Gasteiger partial charge in [-0.25, -0.2) is 0 Å². The van der Waals surface area contributed by atoms with Crippen LogP contribution in [0.2, 0.25) is 5.02 Å². The van der Waals surface area contributed by atoms with Crippen LogP contribution >= 0.6 is 11.6 Å². The van der Waals surface area contributed by atoms with E-state index in [-0.39, 0.29) is 18.2 Å². The van der Waals surface area contributed by atoms with Crippen LogP contribution < -0.4 is 4.90 Å². The van der Waals surface area contributed by atoms with Crippen LogP contribution in [0.25, 0.3) is 5.76 Å². The van der Waals surface area contributed by atoms with Gasteiger partial charge in [0.15, 0.2) is 5.54 Å². The fraction of sp³-hybridized carbons (Fsp3) is 0.292. The zero-order valence-corrected chi connectivity index (χ0v) is 18.1. The predicted octanol–water partition coefficient (Wildman–Crippen LogP) is 3.07. The highest BCUT2D eigenvalue weighted by atomic mass is 35.5. The van der Waals surface area contributed by atoms with Crippen molar-refractivity contribution in [3.63, 3.8) is 0 Å². The maximum absolute atomic E-state index is 13.8. The number of aliphatic hydroxyl groups is 1. The molecular weight excluding hydrogens is 432 g/mol. The second-order valence-electron chi connectivity index (χ2n) is 8.20. The number of anilines is 1. The summed E-state index contributed by atoms with van der Waals surface area (Å²) in [6.45, 7) is 0.646. The molecule has 2 fully saturated rings. The number of rotatable bonds is 3. The quantitative estimate of drug-likeness (QED) is 0.439. The molecule has 5 rings (SSSR count). The predicted molar refractivity (Wildman–Crippen MR) is 118 cm³/mol. The summed E-state index contributed by atoms with van der Waals surface area (Å²) in [5.41, 5.74) is -0.623. The Hall–Kier alpha value is -3.16. The van der Waals surface area contributed by atoms with Gasteiger partial charge in [0, 0.05) is 42.0 Å². The number of hydrogen-bond acceptors (Lipinski definition) is 5. The maximum Gasteiger partial charge on any atom is 0.296 e. The first-order valence-corrected chi connectivity index (χ1v) is 10.8. The van der Waals surface area contributed by atoms with Crippen LogP contribution in [0.5, 0.6) is 0 Å². The monoisotopic (exact) mass is 452 g/mol. The highest BCUT2D eigenvalue weighted by molar-refractivity contribution is 6.50. The van der Waals surface area contributed by atoms with Crippen molar-refractivity contribution >= 4 is 40.6 Å². The van der Waals surface area contributed by atoms with Gasteiger partial charge in [0.2, 0.25) is 0 Å². The summed E-state index contributed by atoms with van der Waals surface area (Å²) >= 11 is 5.97. The number of amides is 2. The number of fused-ring (bicyclic) bond motifs is 2. The minimum atomic E-state index is -1.75. The third-order valence-electron chi connectivity index (χ3n) is 6.47. The number of nitrogens with zero attached hydrogens (tertiary/aromatic N) is 2. The van der Waals surface area contributed by atoms with Gasteiger partial charge in [-0.2, -0.15) is 0 Å². The van der Waals surface area contributed by atoms with E-state index in [0.29, 0.717) is 28.4 Å². The van der Waals surface area contributed by atoms with Crippen LogP contribution in [0.1, 0.15) is 24.0 Å². The maximum atomic E-state index is 13.8. The standard InChI is InChI=1S/C24H21ClN2O5/c1-26-18-7-3-2-6-17(18)24(23(26)31)19(20(28)14-8-10-15(25)11-9-14)21(29)22(30)27(24)13-16-5-4-12-32-16/h2-3,6-11,16,28H,4-5,12-13H2,1H3/b20-19-. The molecule has 0 saturated carbocycles. The molecule has 0 aromatic heterocycles. The first-order valence-electron chi connectivity index (χ1n) is 10.4. The largest absolute Gasteiger partial charge is 0.507 e. The molecule has 0 aliphatic carbocycles. The van der Waals surface area contributed by atoms with Crippen molar-refractivity contribution in [3.05, 3.63) is 70.3 Å². The number of benzene rings is 2. The molecule has 1 N–H and O–H groups in total. The van der Waals surface area contributed by atoms with Gasteiger partial charge in [0.1, 0.15) is 5.76 Å². The highest BCUT2D eigenvalue weighted by Crippen LogP contribution is 2.53. The number of ketones is 1. The van der Waals surface area contributed by atoms with Gasteiger partial charge in [-0.05, 0) is 43.2 Å². The Morgan fingerprint density at radius 1 is 1.16 bits per heavy atom. The molecule has 8 heteroatoms. The molecule has 0 radical (unpaired) electrons. The molecule has 3 aliphatic rings. The summed E-state index contributed by atoms with van der Waals surface area (Å²) in [5, 5.41) is 11.7. The first-order chi connectivity index (χ1) is 15.4. The van der Waals surface area contributed by atoms with Gasteiger partial charge in [-0.15, -0.1) is 0 Å². The second-order valence-corrected chi connectivity index (χ2v) is 8.64. The number of Topliss-reactive ketones (excluding diaryl/α,β-unsaturated/α-hetero) is 1. The van der Waals surface area contributed by atoms with Gasteiger partial charge in [-0.1, -0.05) is 29.8 Å². The molecule has 1 spiro atoms. The summed E-state index contributed by atoms with van der Waals surface area (Å²) in [7, 11) is 1.60. The number of carbonyl (C=O) groups is 3. The lowest BCUT2D eigenvalue weighted by Crippen LogP contribution is -2.53. The van der Waals surface area contributed by atoms with Crippen molar-refractivity contribution in [2.45, 2.75) is 24.5 Å². The number of hydrogen-bond donors (Lipinski definition) is 1. The molecule has 2 atom stereocenters. The van der Waals surface area contributed by atoms with Gasteiger partial charge in [-0.3, -0.25) is 14.4 Å². The minimum Gasteiger partial charge on any atom is -0.507 e. The van der Waals surface area contributed by atoms with E-state index in [4.69, 9.17) is 16.3 Å². The minimum absolute atomic E-state index is 0.0793. The normalized spacial score (nSPS) is 26.4. The van der Waals surface area contributed by atoms with E-state index in [2.05, 4.69) is 0 Å². The number of likely N-dealkylation sites (N-methyl/N-ethyl adjacent to an activating group) is 1. The number of likely N-dealkylation sites (tertiary alicyclic amines) is 1. The van der Waals surface area contributed by atoms with E-state index in [9.17, 15) is 19.5 Å². The molecule has 2 saturated heterocycles. The first kappa shape index (κ1) is 20.7. The van der Waals surface area contributed by atoms with E-state index < -0.39 is 28.9 Å². The van der Waals surface area contributed by atoms with Gasteiger partial charge < -0.3 is 19.6 Å². The van der Waals surface area contributed by atoms with Crippen LogP contribution in [0.3, 0.4) is 0 Å². The smallest absolute Gasteiger partial charge is 0.296 e. The molecule has 2 unspecified atom stereocenters. The van der Waals surface area contributed by atoms with Crippen LogP contribution in [0.15, 0.2) is 54.1 Å². The lowest BCUT2D eigenvalue weighted by Gasteiger charge is -2.35. The molecule has 2 aromatic carbocycles. The Bertz CT molecular complexity index is 1170. The van der Waals surface area contributed by atoms with Crippen LogP contribution in [-0.2, 0) is 24.7 Å². The third kappa shape index (κ3) is 2.74. The van der Waals surface area contributed by atoms with Crippen molar-refractivity contribution in [1.82, 2.24) is 4.90 Å². The average molecular weight is 453 g/mol. The van der Waals surface area contributed by atoms with Crippen molar-refractivity contribution in [2.24, 2.45) is 0 Å².